The molecule has 9 heteroatoms. The number of aromatic amines is 1. The Balaban J connectivity index is 1.67. The lowest BCUT2D eigenvalue weighted by Gasteiger charge is -2.14. The van der Waals surface area contributed by atoms with Gasteiger partial charge < -0.3 is 10.3 Å². The van der Waals surface area contributed by atoms with Crippen molar-refractivity contribution in [3.63, 3.8) is 0 Å². The number of hydrogen-bond donors (Lipinski definition) is 2. The van der Waals surface area contributed by atoms with Gasteiger partial charge in [-0.3, -0.25) is 14.9 Å². The fraction of sp³-hybridized carbons (Fsp3) is 0.111. The number of nitro groups is 1. The van der Waals surface area contributed by atoms with Crippen LogP contribution in [0.2, 0.25) is 0 Å². The first-order valence-electron chi connectivity index (χ1n) is 8.09. The molecule has 0 aliphatic rings. The molecule has 0 fully saturated rings. The zero-order chi connectivity index (χ0) is 19.0. The molecule has 0 spiro atoms. The standard InChI is InChI=1S/C18H14N4O3S2/c1-10(19-11-4-2-5-12(8-11)22(24)25)16-20-17(23)15-13(9-27-18(15)21-16)14-6-3-7-26-14/h2-10,19H,1H3,(H,20,21,23)/t10-/m1/s1. The van der Waals surface area contributed by atoms with Gasteiger partial charge in [-0.15, -0.1) is 22.7 Å². The highest BCUT2D eigenvalue weighted by molar-refractivity contribution is 7.18. The summed E-state index contributed by atoms with van der Waals surface area (Å²) in [7, 11) is 0. The summed E-state index contributed by atoms with van der Waals surface area (Å²) in [5, 5.41) is 18.6. The smallest absolute Gasteiger partial charge is 0.271 e. The van der Waals surface area contributed by atoms with E-state index in [2.05, 4.69) is 15.3 Å². The van der Waals surface area contributed by atoms with Gasteiger partial charge in [0.05, 0.1) is 16.4 Å². The van der Waals surface area contributed by atoms with Crippen molar-refractivity contribution in [3.8, 4) is 10.4 Å². The number of nitrogens with one attached hydrogen (secondary N) is 2. The Hall–Kier alpha value is -3.04. The van der Waals surface area contributed by atoms with Crippen molar-refractivity contribution in [2.45, 2.75) is 13.0 Å². The van der Waals surface area contributed by atoms with Gasteiger partial charge in [0.25, 0.3) is 11.2 Å². The van der Waals surface area contributed by atoms with Crippen LogP contribution in [0.15, 0.2) is 52.0 Å². The van der Waals surface area contributed by atoms with E-state index in [9.17, 15) is 14.9 Å². The number of thiophene rings is 2. The molecule has 1 aromatic carbocycles. The molecule has 0 saturated heterocycles. The molecule has 3 aromatic heterocycles. The van der Waals surface area contributed by atoms with E-state index < -0.39 is 4.92 Å². The largest absolute Gasteiger partial charge is 0.375 e. The summed E-state index contributed by atoms with van der Waals surface area (Å²) < 4.78 is 0. The quantitative estimate of drug-likeness (QED) is 0.372. The van der Waals surface area contributed by atoms with Gasteiger partial charge in [-0.2, -0.15) is 0 Å². The van der Waals surface area contributed by atoms with Gasteiger partial charge in [0.1, 0.15) is 10.7 Å². The average Bonchev–Trinajstić information content (AvgIpc) is 3.31. The van der Waals surface area contributed by atoms with Crippen LogP contribution in [-0.2, 0) is 0 Å². The van der Waals surface area contributed by atoms with E-state index in [1.54, 1.807) is 23.5 Å². The van der Waals surface area contributed by atoms with Crippen molar-refractivity contribution in [2.75, 3.05) is 5.32 Å². The van der Waals surface area contributed by atoms with E-state index in [0.717, 1.165) is 10.4 Å². The molecule has 4 aromatic rings. The van der Waals surface area contributed by atoms with E-state index >= 15 is 0 Å². The van der Waals surface area contributed by atoms with Crippen LogP contribution in [0.3, 0.4) is 0 Å². The van der Waals surface area contributed by atoms with Gasteiger partial charge in [-0.05, 0) is 24.4 Å². The maximum Gasteiger partial charge on any atom is 0.271 e. The van der Waals surface area contributed by atoms with Crippen LogP contribution < -0.4 is 10.9 Å². The van der Waals surface area contributed by atoms with Crippen LogP contribution in [-0.4, -0.2) is 14.9 Å². The van der Waals surface area contributed by atoms with Crippen molar-refractivity contribution >= 4 is 44.3 Å². The van der Waals surface area contributed by atoms with Crippen LogP contribution in [0.1, 0.15) is 18.8 Å². The maximum atomic E-state index is 12.7. The molecule has 0 unspecified atom stereocenters. The highest BCUT2D eigenvalue weighted by Gasteiger charge is 2.17. The van der Waals surface area contributed by atoms with Crippen LogP contribution in [0, 0.1) is 10.1 Å². The van der Waals surface area contributed by atoms with E-state index in [4.69, 9.17) is 0 Å². The SMILES string of the molecule is C[C@@H](Nc1cccc([N+](=O)[O-])c1)c1nc2scc(-c3cccs3)c2c(=O)[nH]1. The number of benzene rings is 1. The van der Waals surface area contributed by atoms with E-state index in [-0.39, 0.29) is 17.3 Å². The lowest BCUT2D eigenvalue weighted by atomic mass is 10.2. The van der Waals surface area contributed by atoms with E-state index in [1.165, 1.54) is 23.5 Å². The Morgan fingerprint density at radius 3 is 2.85 bits per heavy atom. The van der Waals surface area contributed by atoms with E-state index in [1.807, 2.05) is 29.8 Å². The number of rotatable bonds is 5. The number of anilines is 1. The fourth-order valence-corrected chi connectivity index (χ4v) is 4.58. The zero-order valence-electron chi connectivity index (χ0n) is 14.1. The van der Waals surface area contributed by atoms with Crippen molar-refractivity contribution in [3.05, 3.63) is 73.5 Å². The minimum atomic E-state index is -0.445. The van der Waals surface area contributed by atoms with Gasteiger partial charge in [0, 0.05) is 33.6 Å². The molecular weight excluding hydrogens is 384 g/mol. The Morgan fingerprint density at radius 2 is 2.11 bits per heavy atom. The molecule has 136 valence electrons. The third-order valence-corrected chi connectivity index (χ3v) is 5.87. The van der Waals surface area contributed by atoms with Gasteiger partial charge in [0.15, 0.2) is 0 Å². The second kappa shape index (κ2) is 6.93. The summed E-state index contributed by atoms with van der Waals surface area (Å²) in [6.07, 6.45) is 0. The van der Waals surface area contributed by atoms with Crippen LogP contribution in [0.5, 0.6) is 0 Å². The Bertz CT molecular complexity index is 1180. The monoisotopic (exact) mass is 398 g/mol. The van der Waals surface area contributed by atoms with E-state index in [0.29, 0.717) is 21.7 Å². The third kappa shape index (κ3) is 3.34. The summed E-state index contributed by atoms with van der Waals surface area (Å²) >= 11 is 3.01. The highest BCUT2D eigenvalue weighted by Crippen LogP contribution is 2.34. The first kappa shape index (κ1) is 17.4. The summed E-state index contributed by atoms with van der Waals surface area (Å²) in [4.78, 5) is 32.3. The number of aromatic nitrogens is 2. The average molecular weight is 398 g/mol. The van der Waals surface area contributed by atoms with Crippen LogP contribution >= 0.6 is 22.7 Å². The molecular formula is C18H14N4O3S2. The molecule has 27 heavy (non-hydrogen) atoms. The fourth-order valence-electron chi connectivity index (χ4n) is 2.81. The maximum absolute atomic E-state index is 12.7. The number of non-ortho nitro benzene ring substituents is 1. The molecule has 0 saturated carbocycles. The first-order chi connectivity index (χ1) is 13.0. The second-order valence-electron chi connectivity index (χ2n) is 5.93. The highest BCUT2D eigenvalue weighted by atomic mass is 32.1. The number of H-pyrrole nitrogens is 1. The van der Waals surface area contributed by atoms with Crippen molar-refractivity contribution in [2.24, 2.45) is 0 Å². The van der Waals surface area contributed by atoms with Crippen molar-refractivity contribution in [1.29, 1.82) is 0 Å². The predicted molar refractivity (Wildman–Crippen MR) is 109 cm³/mol. The molecule has 4 rings (SSSR count). The molecule has 1 atom stereocenters. The second-order valence-corrected chi connectivity index (χ2v) is 7.74. The molecule has 7 nitrogen and oxygen atoms in total. The normalized spacial score (nSPS) is 12.2. The van der Waals surface area contributed by atoms with Gasteiger partial charge >= 0.3 is 0 Å². The van der Waals surface area contributed by atoms with Crippen molar-refractivity contribution < 1.29 is 4.92 Å². The predicted octanol–water partition coefficient (Wildman–Crippen LogP) is 4.79. The van der Waals surface area contributed by atoms with Crippen LogP contribution in [0.25, 0.3) is 20.7 Å². The molecule has 0 radical (unpaired) electrons. The Morgan fingerprint density at radius 1 is 1.26 bits per heavy atom. The number of fused-ring (bicyclic) bond motifs is 1. The first-order valence-corrected chi connectivity index (χ1v) is 9.85. The topological polar surface area (TPSA) is 101 Å². The summed E-state index contributed by atoms with van der Waals surface area (Å²) in [6, 6.07) is 9.83. The summed E-state index contributed by atoms with van der Waals surface area (Å²) in [5.74, 6) is 0.485. The van der Waals surface area contributed by atoms with Gasteiger partial charge in [-0.1, -0.05) is 12.1 Å². The Labute approximate surface area is 161 Å². The van der Waals surface area contributed by atoms with Crippen LogP contribution in [0.4, 0.5) is 11.4 Å². The Kier molecular flexibility index (Phi) is 4.46. The lowest BCUT2D eigenvalue weighted by molar-refractivity contribution is -0.384. The molecule has 2 N–H and O–H groups in total. The number of nitro benzene ring substituents is 1. The van der Waals surface area contributed by atoms with Crippen molar-refractivity contribution in [1.82, 2.24) is 9.97 Å². The number of hydrogen-bond acceptors (Lipinski definition) is 7. The molecule has 0 aliphatic heterocycles. The van der Waals surface area contributed by atoms with Gasteiger partial charge in [0.2, 0.25) is 0 Å². The minimum Gasteiger partial charge on any atom is -0.375 e. The zero-order valence-corrected chi connectivity index (χ0v) is 15.8. The molecule has 3 heterocycles. The molecule has 0 amide bonds. The lowest BCUT2D eigenvalue weighted by Crippen LogP contribution is -2.17. The number of nitrogens with zero attached hydrogens (tertiary/aromatic N) is 2. The third-order valence-electron chi connectivity index (χ3n) is 4.10. The summed E-state index contributed by atoms with van der Waals surface area (Å²) in [6.45, 7) is 1.84. The molecule has 0 aliphatic carbocycles. The molecule has 0 bridgehead atoms. The summed E-state index contributed by atoms with van der Waals surface area (Å²) in [5.41, 5.74) is 1.30. The minimum absolute atomic E-state index is 0.00273. The van der Waals surface area contributed by atoms with Gasteiger partial charge in [-0.25, -0.2) is 4.98 Å².